The first-order valence-electron chi connectivity index (χ1n) is 8.21. The van der Waals surface area contributed by atoms with Crippen LogP contribution in [0.25, 0.3) is 22.4 Å². The third-order valence-electron chi connectivity index (χ3n) is 4.44. The molecule has 1 aromatic carbocycles. The predicted octanol–water partition coefficient (Wildman–Crippen LogP) is 3.60. The van der Waals surface area contributed by atoms with Gasteiger partial charge in [-0.15, -0.1) is 0 Å². The van der Waals surface area contributed by atoms with Crippen molar-refractivity contribution in [2.45, 2.75) is 12.8 Å². The van der Waals surface area contributed by atoms with Crippen molar-refractivity contribution >= 4 is 15.9 Å². The van der Waals surface area contributed by atoms with Crippen LogP contribution in [0.2, 0.25) is 0 Å². The second kappa shape index (κ2) is 6.49. The maximum Gasteiger partial charge on any atom is 0.107 e. The van der Waals surface area contributed by atoms with Crippen LogP contribution in [0, 0.1) is 0 Å². The first-order valence-corrected chi connectivity index (χ1v) is 9.00. The zero-order chi connectivity index (χ0) is 16.5. The van der Waals surface area contributed by atoms with E-state index in [1.807, 2.05) is 17.8 Å². The second-order valence-electron chi connectivity index (χ2n) is 6.10. The molecule has 0 unspecified atom stereocenters. The molecule has 1 N–H and O–H groups in total. The van der Waals surface area contributed by atoms with Gasteiger partial charge in [-0.1, -0.05) is 30.3 Å². The smallest absolute Gasteiger partial charge is 0.107 e. The molecule has 0 saturated carbocycles. The van der Waals surface area contributed by atoms with Crippen LogP contribution in [0.3, 0.4) is 0 Å². The van der Waals surface area contributed by atoms with E-state index in [4.69, 9.17) is 10.1 Å². The maximum absolute atomic E-state index is 4.72. The predicted molar refractivity (Wildman–Crippen MR) is 99.9 cm³/mol. The monoisotopic (exact) mass is 382 g/mol. The highest BCUT2D eigenvalue weighted by Crippen LogP contribution is 2.35. The fraction of sp³-hybridized carbons (Fsp3) is 0.263. The minimum atomic E-state index is 0.890. The highest BCUT2D eigenvalue weighted by molar-refractivity contribution is 9.10. The van der Waals surface area contributed by atoms with Gasteiger partial charge in [0, 0.05) is 43.0 Å². The topological polar surface area (TPSA) is 42.7 Å². The summed E-state index contributed by atoms with van der Waals surface area (Å²) in [5, 5.41) is 8.19. The normalized spacial score (nSPS) is 14.2. The van der Waals surface area contributed by atoms with Crippen molar-refractivity contribution in [1.29, 1.82) is 0 Å². The van der Waals surface area contributed by atoms with Crippen LogP contribution in [0.4, 0.5) is 0 Å². The van der Waals surface area contributed by atoms with Crippen LogP contribution < -0.4 is 5.32 Å². The molecule has 3 aromatic rings. The molecule has 3 heterocycles. The summed E-state index contributed by atoms with van der Waals surface area (Å²) in [4.78, 5) is 4.72. The van der Waals surface area contributed by atoms with Gasteiger partial charge in [-0.05, 0) is 46.1 Å². The highest BCUT2D eigenvalue weighted by atomic mass is 79.9. The summed E-state index contributed by atoms with van der Waals surface area (Å²) in [6.45, 7) is 1.97. The van der Waals surface area contributed by atoms with E-state index in [1.54, 1.807) is 0 Å². The molecular weight excluding hydrogens is 364 g/mol. The van der Waals surface area contributed by atoms with E-state index in [2.05, 4.69) is 57.8 Å². The molecule has 0 bridgehead atoms. The summed E-state index contributed by atoms with van der Waals surface area (Å²) in [5.74, 6) is 0. The Hall–Kier alpha value is -1.98. The lowest BCUT2D eigenvalue weighted by atomic mass is 9.95. The fourth-order valence-electron chi connectivity index (χ4n) is 3.36. The lowest BCUT2D eigenvalue weighted by molar-refractivity contribution is 0.708. The van der Waals surface area contributed by atoms with Gasteiger partial charge in [-0.3, -0.25) is 4.68 Å². The number of halogens is 1. The van der Waals surface area contributed by atoms with Crippen molar-refractivity contribution < 1.29 is 0 Å². The van der Waals surface area contributed by atoms with Gasteiger partial charge in [0.05, 0.1) is 0 Å². The Labute approximate surface area is 150 Å². The third kappa shape index (κ3) is 2.89. The summed E-state index contributed by atoms with van der Waals surface area (Å²) in [6, 6.07) is 12.5. The minimum absolute atomic E-state index is 0.890. The van der Waals surface area contributed by atoms with Crippen molar-refractivity contribution in [3.05, 3.63) is 58.5 Å². The van der Waals surface area contributed by atoms with Crippen LogP contribution in [0.15, 0.2) is 47.2 Å². The summed E-state index contributed by atoms with van der Waals surface area (Å²) in [7, 11) is 1.98. The van der Waals surface area contributed by atoms with Crippen molar-refractivity contribution in [2.75, 3.05) is 13.1 Å². The van der Waals surface area contributed by atoms with Gasteiger partial charge in [-0.25, -0.2) is 4.98 Å². The number of benzene rings is 1. The number of nitrogens with zero attached hydrogens (tertiary/aromatic N) is 3. The van der Waals surface area contributed by atoms with Crippen molar-refractivity contribution in [3.8, 4) is 22.4 Å². The van der Waals surface area contributed by atoms with Crippen molar-refractivity contribution in [1.82, 2.24) is 20.1 Å². The van der Waals surface area contributed by atoms with Gasteiger partial charge >= 0.3 is 0 Å². The standard InChI is InChI=1S/C19H19BrN4/c1-24-12-16(19(23-24)13-5-3-2-4-6-13)15-11-18(20)22-17-8-10-21-9-7-14(15)17/h2-6,11-12,21H,7-10H2,1H3. The molecule has 0 radical (unpaired) electrons. The Morgan fingerprint density at radius 2 is 1.88 bits per heavy atom. The summed E-state index contributed by atoms with van der Waals surface area (Å²) < 4.78 is 2.79. The number of fused-ring (bicyclic) bond motifs is 1. The minimum Gasteiger partial charge on any atom is -0.316 e. The van der Waals surface area contributed by atoms with E-state index in [1.165, 1.54) is 22.4 Å². The molecule has 0 fully saturated rings. The molecule has 4 nitrogen and oxygen atoms in total. The Morgan fingerprint density at radius 3 is 2.71 bits per heavy atom. The Morgan fingerprint density at radius 1 is 1.08 bits per heavy atom. The molecular formula is C19H19BrN4. The summed E-state index contributed by atoms with van der Waals surface area (Å²) in [5.41, 5.74) is 7.10. The van der Waals surface area contributed by atoms with Crippen molar-refractivity contribution in [2.24, 2.45) is 7.05 Å². The molecule has 1 aliphatic rings. The van der Waals surface area contributed by atoms with Gasteiger partial charge in [-0.2, -0.15) is 5.10 Å². The SMILES string of the molecule is Cn1cc(-c2cc(Br)nc3c2CCNCC3)c(-c2ccccc2)n1. The molecule has 0 saturated heterocycles. The van der Waals surface area contributed by atoms with Gasteiger partial charge in [0.25, 0.3) is 0 Å². The van der Waals surface area contributed by atoms with Crippen LogP contribution in [0.1, 0.15) is 11.3 Å². The molecule has 122 valence electrons. The average Bonchev–Trinajstić information content (AvgIpc) is 2.82. The number of hydrogen-bond donors (Lipinski definition) is 1. The van der Waals surface area contributed by atoms with Gasteiger partial charge < -0.3 is 5.32 Å². The summed E-state index contributed by atoms with van der Waals surface area (Å²) in [6.07, 6.45) is 4.07. The first-order chi connectivity index (χ1) is 11.7. The molecule has 4 rings (SSSR count). The average molecular weight is 383 g/mol. The van der Waals surface area contributed by atoms with E-state index in [-0.39, 0.29) is 0 Å². The van der Waals surface area contributed by atoms with Crippen LogP contribution in [-0.4, -0.2) is 27.9 Å². The molecule has 5 heteroatoms. The maximum atomic E-state index is 4.72. The number of aryl methyl sites for hydroxylation is 1. The molecule has 0 aliphatic carbocycles. The Bertz CT molecular complexity index is 871. The van der Waals surface area contributed by atoms with E-state index in [0.29, 0.717) is 0 Å². The molecule has 1 aliphatic heterocycles. The third-order valence-corrected chi connectivity index (χ3v) is 4.84. The van der Waals surface area contributed by atoms with Crippen LogP contribution in [-0.2, 0) is 19.9 Å². The molecule has 2 aromatic heterocycles. The van der Waals surface area contributed by atoms with Crippen LogP contribution >= 0.6 is 15.9 Å². The molecule has 0 spiro atoms. The highest BCUT2D eigenvalue weighted by Gasteiger charge is 2.20. The fourth-order valence-corrected chi connectivity index (χ4v) is 3.80. The Balaban J connectivity index is 1.93. The van der Waals surface area contributed by atoms with E-state index >= 15 is 0 Å². The lowest BCUT2D eigenvalue weighted by Gasteiger charge is -2.13. The number of aromatic nitrogens is 3. The zero-order valence-corrected chi connectivity index (χ0v) is 15.2. The molecule has 0 amide bonds. The summed E-state index contributed by atoms with van der Waals surface area (Å²) >= 11 is 3.59. The van der Waals surface area contributed by atoms with Crippen LogP contribution in [0.5, 0.6) is 0 Å². The first kappa shape index (κ1) is 15.5. The second-order valence-corrected chi connectivity index (χ2v) is 6.91. The Kier molecular flexibility index (Phi) is 4.21. The van der Waals surface area contributed by atoms with Crippen molar-refractivity contribution in [3.63, 3.8) is 0 Å². The van der Waals surface area contributed by atoms with E-state index in [0.717, 1.165) is 41.8 Å². The van der Waals surface area contributed by atoms with E-state index < -0.39 is 0 Å². The largest absolute Gasteiger partial charge is 0.316 e. The lowest BCUT2D eigenvalue weighted by Crippen LogP contribution is -2.16. The number of hydrogen-bond acceptors (Lipinski definition) is 3. The number of rotatable bonds is 2. The molecule has 0 atom stereocenters. The van der Waals surface area contributed by atoms with Gasteiger partial charge in [0.1, 0.15) is 10.3 Å². The zero-order valence-electron chi connectivity index (χ0n) is 13.6. The molecule has 24 heavy (non-hydrogen) atoms. The van der Waals surface area contributed by atoms with Gasteiger partial charge in [0.2, 0.25) is 0 Å². The van der Waals surface area contributed by atoms with Gasteiger partial charge in [0.15, 0.2) is 0 Å². The number of pyridine rings is 1. The number of nitrogens with one attached hydrogen (secondary N) is 1. The van der Waals surface area contributed by atoms with E-state index in [9.17, 15) is 0 Å². The quantitative estimate of drug-likeness (QED) is 0.688.